The quantitative estimate of drug-likeness (QED) is 0.276. The smallest absolute Gasteiger partial charge is 0.397 e. The van der Waals surface area contributed by atoms with Crippen LogP contribution in [0.25, 0.3) is 10.8 Å². The second-order valence-corrected chi connectivity index (χ2v) is 11.7. The van der Waals surface area contributed by atoms with Crippen molar-refractivity contribution in [3.8, 4) is 5.75 Å². The van der Waals surface area contributed by atoms with E-state index in [-0.39, 0.29) is 37.3 Å². The van der Waals surface area contributed by atoms with E-state index in [0.29, 0.717) is 5.39 Å². The summed E-state index contributed by atoms with van der Waals surface area (Å²) in [6.45, 7) is -0.823. The van der Waals surface area contributed by atoms with Gasteiger partial charge < -0.3 is 5.11 Å². The highest BCUT2D eigenvalue weighted by Gasteiger charge is 2.18. The topological polar surface area (TPSA) is 197 Å². The Morgan fingerprint density at radius 2 is 1.53 bits per heavy atom. The molecule has 182 valence electrons. The maximum Gasteiger partial charge on any atom is 0.397 e. The molecule has 0 amide bonds. The molecule has 0 bridgehead atoms. The minimum absolute atomic E-state index is 0.00488. The van der Waals surface area contributed by atoms with Gasteiger partial charge in [0.2, 0.25) is 0 Å². The first kappa shape index (κ1) is 26.0. The van der Waals surface area contributed by atoms with E-state index in [1.54, 1.807) is 0 Å². The lowest BCUT2D eigenvalue weighted by Crippen LogP contribution is -2.15. The first-order valence-electron chi connectivity index (χ1n) is 8.96. The highest BCUT2D eigenvalue weighted by atomic mass is 35.5. The van der Waals surface area contributed by atoms with E-state index in [1.165, 1.54) is 24.3 Å². The predicted molar refractivity (Wildman–Crippen MR) is 121 cm³/mol. The van der Waals surface area contributed by atoms with Crippen molar-refractivity contribution in [2.24, 2.45) is 10.2 Å². The maximum atomic E-state index is 12.4. The number of fused-ring (bicyclic) bond motifs is 1. The third-order valence-electron chi connectivity index (χ3n) is 4.36. The van der Waals surface area contributed by atoms with Gasteiger partial charge in [-0.05, 0) is 41.8 Å². The molecule has 3 aromatic rings. The van der Waals surface area contributed by atoms with Crippen LogP contribution in [0.1, 0.15) is 0 Å². The molecule has 0 atom stereocenters. The molecule has 0 aliphatic rings. The number of rotatable bonds is 8. The zero-order valence-corrected chi connectivity index (χ0v) is 19.9. The van der Waals surface area contributed by atoms with Crippen molar-refractivity contribution in [2.45, 2.75) is 9.79 Å². The van der Waals surface area contributed by atoms with Crippen LogP contribution in [0.4, 0.5) is 11.4 Å². The molecule has 0 radical (unpaired) electrons. The van der Waals surface area contributed by atoms with Gasteiger partial charge in [-0.15, -0.1) is 10.2 Å². The van der Waals surface area contributed by atoms with Crippen molar-refractivity contribution in [1.29, 1.82) is 0 Å². The van der Waals surface area contributed by atoms with E-state index in [4.69, 9.17) is 16.2 Å². The first-order valence-corrected chi connectivity index (χ1v) is 13.8. The summed E-state index contributed by atoms with van der Waals surface area (Å²) in [7, 11) is -13.3. The number of hydrogen-bond donors (Lipinski definition) is 3. The number of benzene rings is 3. The van der Waals surface area contributed by atoms with Gasteiger partial charge in [-0.1, -0.05) is 23.7 Å². The molecule has 0 saturated heterocycles. The van der Waals surface area contributed by atoms with Gasteiger partial charge in [-0.25, -0.2) is 12.6 Å². The average Bonchev–Trinajstić information content (AvgIpc) is 2.71. The van der Waals surface area contributed by atoms with Gasteiger partial charge in [0, 0.05) is 5.39 Å². The number of azo groups is 1. The first-order chi connectivity index (χ1) is 15.7. The SMILES string of the molecule is O=S(=O)(O)OCCS(=O)(=O)c1ccc(Cl)c(N=Nc2c(O)ccc3cc(S(=O)(=O)O)ccc23)c1. The van der Waals surface area contributed by atoms with Crippen molar-refractivity contribution >= 4 is 64.1 Å². The van der Waals surface area contributed by atoms with Crippen molar-refractivity contribution in [3.05, 3.63) is 53.6 Å². The third-order valence-corrected chi connectivity index (χ3v) is 7.67. The Hall–Kier alpha value is -2.66. The standard InChI is InChI=1S/C18H15ClN2O10S3/c19-15-5-3-12(32(23,24)8-7-31-34(28,29)30)10-16(15)20-21-18-14-4-2-13(33(25,26)27)9-11(14)1-6-17(18)22/h1-6,9-10,22H,7-8H2,(H,25,26,27)(H,28,29,30). The molecular formula is C18H15ClN2O10S3. The second kappa shape index (κ2) is 9.53. The molecule has 3 N–H and O–H groups in total. The highest BCUT2D eigenvalue weighted by Crippen LogP contribution is 2.38. The molecule has 0 fully saturated rings. The van der Waals surface area contributed by atoms with Crippen LogP contribution in [0.5, 0.6) is 5.75 Å². The van der Waals surface area contributed by atoms with Crippen LogP contribution < -0.4 is 0 Å². The van der Waals surface area contributed by atoms with Gasteiger partial charge in [0.05, 0.1) is 27.2 Å². The molecule has 0 heterocycles. The lowest BCUT2D eigenvalue weighted by Gasteiger charge is -2.07. The van der Waals surface area contributed by atoms with Crippen LogP contribution in [0.2, 0.25) is 5.02 Å². The molecule has 0 aliphatic carbocycles. The molecule has 16 heteroatoms. The molecular weight excluding hydrogens is 536 g/mol. The summed E-state index contributed by atoms with van der Waals surface area (Å²) in [5.41, 5.74) is -0.185. The van der Waals surface area contributed by atoms with E-state index in [0.717, 1.165) is 24.3 Å². The minimum Gasteiger partial charge on any atom is -0.506 e. The summed E-state index contributed by atoms with van der Waals surface area (Å²) >= 11 is 6.06. The number of hydrogen-bond acceptors (Lipinski definition) is 10. The van der Waals surface area contributed by atoms with Crippen molar-refractivity contribution in [1.82, 2.24) is 0 Å². The average molecular weight is 551 g/mol. The Morgan fingerprint density at radius 1 is 0.853 bits per heavy atom. The van der Waals surface area contributed by atoms with Crippen molar-refractivity contribution < 1.29 is 43.6 Å². The van der Waals surface area contributed by atoms with Gasteiger partial charge in [0.25, 0.3) is 10.1 Å². The molecule has 0 spiro atoms. The van der Waals surface area contributed by atoms with Crippen LogP contribution in [0.3, 0.4) is 0 Å². The van der Waals surface area contributed by atoms with Gasteiger partial charge in [0.15, 0.2) is 9.84 Å². The van der Waals surface area contributed by atoms with Crippen LogP contribution in [0, 0.1) is 0 Å². The Balaban J connectivity index is 1.97. The maximum absolute atomic E-state index is 12.4. The Bertz CT molecular complexity index is 1620. The number of halogens is 1. The van der Waals surface area contributed by atoms with E-state index in [2.05, 4.69) is 14.4 Å². The number of sulfone groups is 1. The van der Waals surface area contributed by atoms with Crippen LogP contribution in [0.15, 0.2) is 68.6 Å². The van der Waals surface area contributed by atoms with Crippen LogP contribution in [-0.2, 0) is 34.5 Å². The lowest BCUT2D eigenvalue weighted by atomic mass is 10.1. The summed E-state index contributed by atoms with van der Waals surface area (Å²) in [5, 5.41) is 18.6. The summed E-state index contributed by atoms with van der Waals surface area (Å²) in [6, 6.07) is 9.61. The molecule has 0 aromatic heterocycles. The number of nitrogens with zero attached hydrogens (tertiary/aromatic N) is 2. The zero-order valence-electron chi connectivity index (χ0n) is 16.7. The Morgan fingerprint density at radius 3 is 2.18 bits per heavy atom. The normalized spacial score (nSPS) is 13.0. The Kier molecular flexibility index (Phi) is 7.28. The molecule has 3 aromatic carbocycles. The number of aromatic hydroxyl groups is 1. The summed E-state index contributed by atoms with van der Waals surface area (Å²) in [5.74, 6) is -1.09. The number of phenolic OH excluding ortho intramolecular Hbond substituents is 1. The number of phenols is 1. The highest BCUT2D eigenvalue weighted by molar-refractivity contribution is 7.91. The largest absolute Gasteiger partial charge is 0.506 e. The van der Waals surface area contributed by atoms with Gasteiger partial charge in [0.1, 0.15) is 17.1 Å². The van der Waals surface area contributed by atoms with Gasteiger partial charge in [-0.3, -0.25) is 9.11 Å². The lowest BCUT2D eigenvalue weighted by molar-refractivity contribution is 0.284. The summed E-state index contributed by atoms with van der Waals surface area (Å²) < 4.78 is 90.5. The molecule has 34 heavy (non-hydrogen) atoms. The van der Waals surface area contributed by atoms with Crippen molar-refractivity contribution in [2.75, 3.05) is 12.4 Å². The van der Waals surface area contributed by atoms with E-state index in [1.807, 2.05) is 0 Å². The van der Waals surface area contributed by atoms with E-state index < -0.39 is 42.7 Å². The molecule has 0 aliphatic heterocycles. The third kappa shape index (κ3) is 6.26. The molecule has 3 rings (SSSR count). The zero-order chi connectivity index (χ0) is 25.3. The Labute approximate surface area is 199 Å². The monoisotopic (exact) mass is 550 g/mol. The molecule has 12 nitrogen and oxygen atoms in total. The fourth-order valence-corrected chi connectivity index (χ4v) is 4.95. The van der Waals surface area contributed by atoms with E-state index in [9.17, 15) is 34.9 Å². The predicted octanol–water partition coefficient (Wildman–Crippen LogP) is 3.45. The van der Waals surface area contributed by atoms with Gasteiger partial charge >= 0.3 is 10.4 Å². The second-order valence-electron chi connectivity index (χ2n) is 6.67. The van der Waals surface area contributed by atoms with Gasteiger partial charge in [-0.2, -0.15) is 16.8 Å². The molecule has 0 saturated carbocycles. The van der Waals surface area contributed by atoms with Crippen LogP contribution in [-0.4, -0.2) is 51.8 Å². The molecule has 0 unspecified atom stereocenters. The minimum atomic E-state index is -4.81. The summed E-state index contributed by atoms with van der Waals surface area (Å²) in [6.07, 6.45) is 0. The van der Waals surface area contributed by atoms with E-state index >= 15 is 0 Å². The van der Waals surface area contributed by atoms with Crippen LogP contribution >= 0.6 is 11.6 Å². The summed E-state index contributed by atoms with van der Waals surface area (Å²) in [4.78, 5) is -0.655. The van der Waals surface area contributed by atoms with Crippen molar-refractivity contribution in [3.63, 3.8) is 0 Å². The fraction of sp³-hybridized carbons (Fsp3) is 0.111. The fourth-order valence-electron chi connectivity index (χ4n) is 2.78.